The first-order valence-corrected chi connectivity index (χ1v) is 8.61. The molecular formula is C16H13Br3. The molecule has 0 aromatic heterocycles. The Labute approximate surface area is 139 Å². The van der Waals surface area contributed by atoms with Crippen molar-refractivity contribution in [2.24, 2.45) is 0 Å². The molecule has 3 rings (SSSR count). The highest BCUT2D eigenvalue weighted by Gasteiger charge is 2.62. The average molecular weight is 445 g/mol. The Morgan fingerprint density at radius 1 is 1.00 bits per heavy atom. The summed E-state index contributed by atoms with van der Waals surface area (Å²) in [7, 11) is 0. The van der Waals surface area contributed by atoms with Crippen molar-refractivity contribution in [2.75, 3.05) is 0 Å². The van der Waals surface area contributed by atoms with Gasteiger partial charge in [-0.25, -0.2) is 0 Å². The molecule has 0 N–H and O–H groups in total. The van der Waals surface area contributed by atoms with Crippen LogP contribution < -0.4 is 0 Å². The van der Waals surface area contributed by atoms with Gasteiger partial charge in [-0.1, -0.05) is 108 Å². The Hall–Kier alpha value is -0.120. The van der Waals surface area contributed by atoms with Gasteiger partial charge in [-0.3, -0.25) is 0 Å². The molecule has 0 amide bonds. The van der Waals surface area contributed by atoms with E-state index in [4.69, 9.17) is 0 Å². The lowest BCUT2D eigenvalue weighted by Gasteiger charge is -2.26. The first-order valence-electron chi connectivity index (χ1n) is 6.24. The van der Waals surface area contributed by atoms with Crippen LogP contribution in [0.2, 0.25) is 0 Å². The molecule has 0 bridgehead atoms. The maximum Gasteiger partial charge on any atom is 0.148 e. The van der Waals surface area contributed by atoms with Crippen molar-refractivity contribution in [3.8, 4) is 0 Å². The zero-order valence-corrected chi connectivity index (χ0v) is 15.0. The van der Waals surface area contributed by atoms with Crippen molar-refractivity contribution in [3.63, 3.8) is 0 Å². The molecule has 1 fully saturated rings. The topological polar surface area (TPSA) is 0 Å². The summed E-state index contributed by atoms with van der Waals surface area (Å²) in [5.41, 5.74) is 4.28. The zero-order valence-electron chi connectivity index (χ0n) is 10.2. The van der Waals surface area contributed by atoms with Gasteiger partial charge in [0.1, 0.15) is 2.14 Å². The van der Waals surface area contributed by atoms with Crippen molar-refractivity contribution >= 4 is 47.8 Å². The first kappa shape index (κ1) is 13.8. The molecule has 0 nitrogen and oxygen atoms in total. The number of hydrogen-bond acceptors (Lipinski definition) is 0. The van der Waals surface area contributed by atoms with E-state index in [9.17, 15) is 0 Å². The van der Waals surface area contributed by atoms with Gasteiger partial charge in [-0.2, -0.15) is 0 Å². The Balaban J connectivity index is 2.09. The highest BCUT2D eigenvalue weighted by atomic mass is 80.0. The molecule has 1 saturated carbocycles. The predicted molar refractivity (Wildman–Crippen MR) is 92.2 cm³/mol. The monoisotopic (exact) mass is 442 g/mol. The molecule has 0 radical (unpaired) electrons. The molecule has 2 aliphatic rings. The minimum Gasteiger partial charge on any atom is -0.0801 e. The fourth-order valence-corrected chi connectivity index (χ4v) is 4.60. The maximum absolute atomic E-state index is 3.76. The minimum atomic E-state index is -0.293. The molecule has 3 heteroatoms. The highest BCUT2D eigenvalue weighted by molar-refractivity contribution is 9.39. The first-order chi connectivity index (χ1) is 9.06. The molecule has 2 aliphatic carbocycles. The Morgan fingerprint density at radius 2 is 1.74 bits per heavy atom. The van der Waals surface area contributed by atoms with Gasteiger partial charge in [0.25, 0.3) is 0 Å². The van der Waals surface area contributed by atoms with Crippen LogP contribution >= 0.6 is 47.8 Å². The van der Waals surface area contributed by atoms with E-state index in [1.165, 1.54) is 16.7 Å². The third-order valence-electron chi connectivity index (χ3n) is 3.85. The summed E-state index contributed by atoms with van der Waals surface area (Å²) >= 11 is 11.3. The Bertz CT molecular complexity index is 576. The van der Waals surface area contributed by atoms with E-state index in [0.717, 1.165) is 12.8 Å². The number of halogens is 3. The largest absolute Gasteiger partial charge is 0.148 e. The van der Waals surface area contributed by atoms with Crippen LogP contribution in [0.4, 0.5) is 0 Å². The lowest BCUT2D eigenvalue weighted by atomic mass is 9.94. The minimum absolute atomic E-state index is 0.000880. The van der Waals surface area contributed by atoms with Crippen molar-refractivity contribution in [1.29, 1.82) is 0 Å². The number of hydrogen-bond donors (Lipinski definition) is 0. The Morgan fingerprint density at radius 3 is 2.32 bits per heavy atom. The summed E-state index contributed by atoms with van der Waals surface area (Å²) in [5.74, 6) is 0. The summed E-state index contributed by atoms with van der Waals surface area (Å²) in [6.45, 7) is 0. The van der Waals surface area contributed by atoms with Gasteiger partial charge < -0.3 is 0 Å². The van der Waals surface area contributed by atoms with Crippen molar-refractivity contribution < 1.29 is 0 Å². The van der Waals surface area contributed by atoms with Crippen LogP contribution in [0, 0.1) is 0 Å². The van der Waals surface area contributed by atoms with Gasteiger partial charge in [0.2, 0.25) is 0 Å². The van der Waals surface area contributed by atoms with E-state index in [2.05, 4.69) is 102 Å². The second-order valence-corrected chi connectivity index (χ2v) is 11.7. The molecule has 1 aromatic rings. The van der Waals surface area contributed by atoms with Gasteiger partial charge in [0.05, 0.1) is 5.41 Å². The molecule has 0 aliphatic heterocycles. The van der Waals surface area contributed by atoms with Crippen LogP contribution in [0.15, 0.2) is 65.8 Å². The lowest BCUT2D eigenvalue weighted by molar-refractivity contribution is 0.791. The second-order valence-electron chi connectivity index (χ2n) is 4.94. The second kappa shape index (κ2) is 5.01. The number of alkyl halides is 3. The summed E-state index contributed by atoms with van der Waals surface area (Å²) in [4.78, 5) is 0. The number of allylic oxidation sites excluding steroid dienone is 6. The van der Waals surface area contributed by atoms with Crippen LogP contribution in [0.25, 0.3) is 0 Å². The number of benzene rings is 1. The summed E-state index contributed by atoms with van der Waals surface area (Å²) in [6.07, 6.45) is 10.8. The van der Waals surface area contributed by atoms with Crippen molar-refractivity contribution in [1.82, 2.24) is 0 Å². The molecule has 1 atom stereocenters. The molecule has 1 unspecified atom stereocenters. The maximum atomic E-state index is 3.76. The Kier molecular flexibility index (Phi) is 3.65. The number of rotatable bonds is 1. The van der Waals surface area contributed by atoms with E-state index in [-0.39, 0.29) is 7.56 Å². The van der Waals surface area contributed by atoms with Crippen molar-refractivity contribution in [2.45, 2.75) is 20.4 Å². The molecule has 1 aromatic carbocycles. The van der Waals surface area contributed by atoms with Crippen LogP contribution in [0.1, 0.15) is 18.4 Å². The van der Waals surface area contributed by atoms with Crippen LogP contribution in [-0.2, 0) is 5.41 Å². The molecule has 0 saturated heterocycles. The van der Waals surface area contributed by atoms with Gasteiger partial charge in [-0.15, -0.1) is 0 Å². The third kappa shape index (κ3) is 2.34. The standard InChI is InChI=1S/C16H13Br3/c17-16(18,19)15(13-9-5-2-6-10-13)11-14(15)12-7-3-1-4-8-12/h1-7,9-10H,8,11H2/b14-12+. The van der Waals surface area contributed by atoms with Crippen LogP contribution in [0.3, 0.4) is 0 Å². The average Bonchev–Trinajstić information content (AvgIpc) is 3.17. The van der Waals surface area contributed by atoms with Gasteiger partial charge in [-0.05, 0) is 24.0 Å². The van der Waals surface area contributed by atoms with Crippen LogP contribution in [0.5, 0.6) is 0 Å². The van der Waals surface area contributed by atoms with E-state index >= 15 is 0 Å². The molecule has 98 valence electrons. The van der Waals surface area contributed by atoms with E-state index in [1.807, 2.05) is 0 Å². The fourth-order valence-electron chi connectivity index (χ4n) is 2.78. The summed E-state index contributed by atoms with van der Waals surface area (Å²) < 4.78 is -0.293. The molecule has 0 spiro atoms. The zero-order chi connectivity index (χ0) is 13.5. The lowest BCUT2D eigenvalue weighted by Crippen LogP contribution is -2.24. The SMILES string of the molecule is BrC(Br)(Br)C1(c2ccccc2)C/C1=C1/C=CC=CC1. The predicted octanol–water partition coefficient (Wildman–Crippen LogP) is 5.98. The molecule has 19 heavy (non-hydrogen) atoms. The highest BCUT2D eigenvalue weighted by Crippen LogP contribution is 2.69. The van der Waals surface area contributed by atoms with Gasteiger partial charge in [0.15, 0.2) is 0 Å². The van der Waals surface area contributed by atoms with E-state index in [0.29, 0.717) is 0 Å². The third-order valence-corrected chi connectivity index (χ3v) is 5.88. The molecular weight excluding hydrogens is 432 g/mol. The van der Waals surface area contributed by atoms with Crippen molar-refractivity contribution in [3.05, 3.63) is 71.3 Å². The quantitative estimate of drug-likeness (QED) is 0.467. The normalized spacial score (nSPS) is 29.6. The van der Waals surface area contributed by atoms with Gasteiger partial charge >= 0.3 is 0 Å². The summed E-state index contributed by atoms with van der Waals surface area (Å²) in [6, 6.07) is 10.7. The fraction of sp³-hybridized carbons (Fsp3) is 0.250. The summed E-state index contributed by atoms with van der Waals surface area (Å²) in [5, 5.41) is 0. The van der Waals surface area contributed by atoms with Gasteiger partial charge in [0, 0.05) is 0 Å². The smallest absolute Gasteiger partial charge is 0.0801 e. The van der Waals surface area contributed by atoms with Crippen LogP contribution in [-0.4, -0.2) is 2.14 Å². The van der Waals surface area contributed by atoms with E-state index < -0.39 is 0 Å². The molecule has 0 heterocycles. The van der Waals surface area contributed by atoms with E-state index in [1.54, 1.807) is 0 Å².